The first-order chi connectivity index (χ1) is 15.2. The molecule has 5 heteroatoms. The fourth-order valence-electron chi connectivity index (χ4n) is 4.41. The summed E-state index contributed by atoms with van der Waals surface area (Å²) in [6.07, 6.45) is 9.47. The average molecular weight is 421 g/mol. The van der Waals surface area contributed by atoms with Crippen LogP contribution in [0.5, 0.6) is 11.5 Å². The summed E-state index contributed by atoms with van der Waals surface area (Å²) in [5.74, 6) is 1.84. The molecule has 2 aromatic carbocycles. The average Bonchev–Trinajstić information content (AvgIpc) is 3.71. The van der Waals surface area contributed by atoms with Gasteiger partial charge in [0.15, 0.2) is 5.78 Å². The molecule has 5 nitrogen and oxygen atoms in total. The molecule has 2 saturated heterocycles. The molecule has 0 amide bonds. The summed E-state index contributed by atoms with van der Waals surface area (Å²) in [6, 6.07) is 8.35. The number of carbonyl (C=O) groups is 1. The van der Waals surface area contributed by atoms with Crippen molar-refractivity contribution in [3.8, 4) is 11.5 Å². The van der Waals surface area contributed by atoms with Gasteiger partial charge >= 0.3 is 0 Å². The quantitative estimate of drug-likeness (QED) is 0.656. The molecular weight excluding hydrogens is 392 g/mol. The van der Waals surface area contributed by atoms with Crippen LogP contribution >= 0.6 is 0 Å². The van der Waals surface area contributed by atoms with Gasteiger partial charge in [0.05, 0.1) is 13.2 Å². The lowest BCUT2D eigenvalue weighted by atomic mass is 9.68. The number of rotatable bonds is 6. The molecule has 0 radical (unpaired) electrons. The lowest BCUT2D eigenvalue weighted by Crippen LogP contribution is -2.29. The molecule has 2 fully saturated rings. The summed E-state index contributed by atoms with van der Waals surface area (Å²) in [5.41, 5.74) is 2.13. The monoisotopic (exact) mass is 420 g/mol. The molecular formula is C26H28O5. The van der Waals surface area contributed by atoms with Gasteiger partial charge in [0.2, 0.25) is 0 Å². The van der Waals surface area contributed by atoms with E-state index in [9.17, 15) is 4.79 Å². The molecule has 1 spiro atoms. The Morgan fingerprint density at radius 2 is 1.35 bits per heavy atom. The highest BCUT2D eigenvalue weighted by Gasteiger charge is 2.37. The van der Waals surface area contributed by atoms with E-state index in [1.54, 1.807) is 12.2 Å². The minimum Gasteiger partial charge on any atom is -0.490 e. The Kier molecular flexibility index (Phi) is 5.32. The molecule has 2 aromatic rings. The summed E-state index contributed by atoms with van der Waals surface area (Å²) in [6.45, 7) is 6.68. The highest BCUT2D eigenvalue weighted by molar-refractivity contribution is 6.01. The van der Waals surface area contributed by atoms with Gasteiger partial charge in [-0.1, -0.05) is 38.1 Å². The number of ether oxygens (including phenoxy) is 4. The first-order valence-electron chi connectivity index (χ1n) is 11.2. The van der Waals surface area contributed by atoms with Gasteiger partial charge in [0.1, 0.15) is 36.9 Å². The molecule has 2 aliphatic heterocycles. The first kappa shape index (κ1) is 20.3. The largest absolute Gasteiger partial charge is 0.490 e. The third-order valence-electron chi connectivity index (χ3n) is 6.14. The molecule has 4 aliphatic rings. The molecule has 0 N–H and O–H groups in total. The fraction of sp³-hybridized carbons (Fsp3) is 0.423. The first-order valence-corrected chi connectivity index (χ1v) is 11.2. The molecule has 162 valence electrons. The van der Waals surface area contributed by atoms with E-state index in [2.05, 4.69) is 24.3 Å². The number of epoxide rings is 2. The van der Waals surface area contributed by atoms with Gasteiger partial charge in [0.25, 0.3) is 0 Å². The van der Waals surface area contributed by atoms with E-state index in [1.807, 2.05) is 26.0 Å². The van der Waals surface area contributed by atoms with E-state index in [-0.39, 0.29) is 23.4 Å². The maximum atomic E-state index is 11.8. The van der Waals surface area contributed by atoms with Crippen LogP contribution < -0.4 is 9.47 Å². The molecule has 31 heavy (non-hydrogen) atoms. The third kappa shape index (κ3) is 4.12. The van der Waals surface area contributed by atoms with Crippen molar-refractivity contribution in [2.45, 2.75) is 38.9 Å². The van der Waals surface area contributed by atoms with Gasteiger partial charge in [-0.25, -0.2) is 0 Å². The van der Waals surface area contributed by atoms with E-state index < -0.39 is 0 Å². The molecule has 2 heterocycles. The third-order valence-corrected chi connectivity index (χ3v) is 6.14. The van der Waals surface area contributed by atoms with Gasteiger partial charge in [0, 0.05) is 16.5 Å². The number of ketones is 1. The van der Waals surface area contributed by atoms with Crippen LogP contribution in [0.15, 0.2) is 48.6 Å². The Balaban J connectivity index is 0.000000994. The van der Waals surface area contributed by atoms with Crippen molar-refractivity contribution in [2.24, 2.45) is 5.41 Å². The Labute approximate surface area is 182 Å². The van der Waals surface area contributed by atoms with Crippen LogP contribution in [-0.4, -0.2) is 44.4 Å². The molecule has 2 atom stereocenters. The molecule has 6 rings (SSSR count). The van der Waals surface area contributed by atoms with Gasteiger partial charge in [-0.3, -0.25) is 4.79 Å². The van der Waals surface area contributed by atoms with Crippen LogP contribution in [0.1, 0.15) is 25.0 Å². The van der Waals surface area contributed by atoms with E-state index in [0.29, 0.717) is 13.2 Å². The van der Waals surface area contributed by atoms with Crippen LogP contribution in [0.3, 0.4) is 0 Å². The predicted molar refractivity (Wildman–Crippen MR) is 119 cm³/mol. The number of benzene rings is 2. The second-order valence-electron chi connectivity index (χ2n) is 8.37. The lowest BCUT2D eigenvalue weighted by molar-refractivity contribution is -0.110. The lowest BCUT2D eigenvalue weighted by Gasteiger charge is -2.36. The number of allylic oxidation sites excluding steroid dienone is 4. The summed E-state index contributed by atoms with van der Waals surface area (Å²) < 4.78 is 22.9. The Morgan fingerprint density at radius 1 is 0.871 bits per heavy atom. The topological polar surface area (TPSA) is 60.6 Å². The molecule has 0 aromatic heterocycles. The van der Waals surface area contributed by atoms with Crippen LogP contribution in [-0.2, 0) is 27.1 Å². The normalized spacial score (nSPS) is 24.0. The van der Waals surface area contributed by atoms with Crippen molar-refractivity contribution in [3.05, 3.63) is 59.7 Å². The van der Waals surface area contributed by atoms with Crippen molar-refractivity contribution in [1.29, 1.82) is 0 Å². The van der Waals surface area contributed by atoms with Crippen LogP contribution in [0.25, 0.3) is 10.8 Å². The summed E-state index contributed by atoms with van der Waals surface area (Å²) in [4.78, 5) is 11.8. The number of carbonyl (C=O) groups excluding carboxylic acids is 1. The summed E-state index contributed by atoms with van der Waals surface area (Å²) in [5, 5.41) is 2.41. The van der Waals surface area contributed by atoms with E-state index in [4.69, 9.17) is 18.9 Å². The van der Waals surface area contributed by atoms with Crippen molar-refractivity contribution in [1.82, 2.24) is 0 Å². The molecule has 2 aliphatic carbocycles. The highest BCUT2D eigenvalue weighted by Crippen LogP contribution is 2.48. The molecule has 0 bridgehead atoms. The minimum atomic E-state index is -0.237. The fourth-order valence-corrected chi connectivity index (χ4v) is 4.41. The Hall–Kier alpha value is -2.63. The van der Waals surface area contributed by atoms with E-state index in [0.717, 1.165) is 37.6 Å². The van der Waals surface area contributed by atoms with E-state index in [1.165, 1.54) is 21.9 Å². The van der Waals surface area contributed by atoms with Gasteiger partial charge in [-0.05, 0) is 47.9 Å². The van der Waals surface area contributed by atoms with Crippen molar-refractivity contribution >= 4 is 16.6 Å². The zero-order valence-electron chi connectivity index (χ0n) is 18.1. The van der Waals surface area contributed by atoms with Gasteiger partial charge < -0.3 is 18.9 Å². The van der Waals surface area contributed by atoms with Crippen molar-refractivity contribution in [2.75, 3.05) is 26.4 Å². The summed E-state index contributed by atoms with van der Waals surface area (Å²) in [7, 11) is 0. The second-order valence-corrected chi connectivity index (χ2v) is 8.37. The van der Waals surface area contributed by atoms with Crippen LogP contribution in [0.4, 0.5) is 0 Å². The predicted octanol–water partition coefficient (Wildman–Crippen LogP) is 4.20. The van der Waals surface area contributed by atoms with E-state index >= 15 is 0 Å². The maximum absolute atomic E-state index is 11.8. The smallest absolute Gasteiger partial charge is 0.178 e. The standard InChI is InChI=1S/C24H22O5.C2H6/c25-16-5-7-24(8-6-16)9-19-21(28-13-17-11-26-17)3-1-15-2-4-22(20(10-24)23(15)19)29-14-18-12-27-18;1-2/h1-8,17-18H,9-14H2;1-2H3. The van der Waals surface area contributed by atoms with Gasteiger partial charge in [-0.2, -0.15) is 0 Å². The number of hydrogen-bond acceptors (Lipinski definition) is 5. The van der Waals surface area contributed by atoms with Crippen molar-refractivity contribution < 1.29 is 23.7 Å². The van der Waals surface area contributed by atoms with Crippen LogP contribution in [0.2, 0.25) is 0 Å². The molecule has 2 unspecified atom stereocenters. The Morgan fingerprint density at radius 3 is 1.81 bits per heavy atom. The SMILES string of the molecule is CC.O=C1C=CC2(C=C1)Cc1c(OCC3CO3)ccc3ccc(OCC4CO4)c(c13)C2. The van der Waals surface area contributed by atoms with Gasteiger partial charge in [-0.15, -0.1) is 0 Å². The number of hydrogen-bond donors (Lipinski definition) is 0. The zero-order chi connectivity index (χ0) is 21.4. The molecule has 0 saturated carbocycles. The Bertz CT molecular complexity index is 980. The highest BCUT2D eigenvalue weighted by atomic mass is 16.6. The second kappa shape index (κ2) is 8.13. The van der Waals surface area contributed by atoms with Crippen molar-refractivity contribution in [3.63, 3.8) is 0 Å². The minimum absolute atomic E-state index is 0.0393. The van der Waals surface area contributed by atoms with Crippen LogP contribution in [0, 0.1) is 5.41 Å². The maximum Gasteiger partial charge on any atom is 0.178 e. The summed E-state index contributed by atoms with van der Waals surface area (Å²) >= 11 is 0. The zero-order valence-corrected chi connectivity index (χ0v) is 18.1.